The number of aryl methyl sites for hydroxylation is 1. The van der Waals surface area contributed by atoms with E-state index in [1.807, 2.05) is 4.90 Å². The average molecular weight is 430 g/mol. The maximum absolute atomic E-state index is 13.3. The minimum absolute atomic E-state index is 0.0716. The molecule has 0 saturated carbocycles. The first-order chi connectivity index (χ1) is 14.5. The number of amides is 1. The molecule has 1 fully saturated rings. The van der Waals surface area contributed by atoms with Gasteiger partial charge < -0.3 is 9.47 Å². The van der Waals surface area contributed by atoms with E-state index in [0.29, 0.717) is 12.1 Å². The molecule has 0 radical (unpaired) electrons. The molecule has 4 rings (SSSR count). The molecule has 1 unspecified atom stereocenters. The first kappa shape index (κ1) is 20.7. The quantitative estimate of drug-likeness (QED) is 0.712. The van der Waals surface area contributed by atoms with Gasteiger partial charge in [0.25, 0.3) is 5.91 Å². The molecule has 8 nitrogen and oxygen atoms in total. The van der Waals surface area contributed by atoms with Gasteiger partial charge in [-0.05, 0) is 43.9 Å². The largest absolute Gasteiger partial charge is 0.328 e. The molecule has 1 aromatic heterocycles. The van der Waals surface area contributed by atoms with E-state index in [1.54, 1.807) is 12.1 Å². The molecule has 2 aromatic rings. The summed E-state index contributed by atoms with van der Waals surface area (Å²) in [4.78, 5) is 15.2. The highest BCUT2D eigenvalue weighted by Crippen LogP contribution is 2.33. The fraction of sp³-hybridized carbons (Fsp3) is 0.476. The summed E-state index contributed by atoms with van der Waals surface area (Å²) in [6, 6.07) is 6.06. The number of nitrogens with zero attached hydrogens (tertiary/aromatic N) is 4. The van der Waals surface area contributed by atoms with E-state index in [0.717, 1.165) is 50.3 Å². The van der Waals surface area contributed by atoms with Crippen molar-refractivity contribution in [1.82, 2.24) is 24.4 Å². The van der Waals surface area contributed by atoms with Crippen molar-refractivity contribution in [3.05, 3.63) is 54.1 Å². The maximum Gasteiger partial charge on any atom is 0.254 e. The highest BCUT2D eigenvalue weighted by molar-refractivity contribution is 7.89. The van der Waals surface area contributed by atoms with Gasteiger partial charge in [0.05, 0.1) is 10.9 Å². The normalized spacial score (nSPS) is 19.3. The Morgan fingerprint density at radius 3 is 2.90 bits per heavy atom. The Bertz CT molecular complexity index is 1050. The van der Waals surface area contributed by atoms with Gasteiger partial charge in [-0.3, -0.25) is 4.79 Å². The molecule has 0 bridgehead atoms. The van der Waals surface area contributed by atoms with Crippen LogP contribution in [0.1, 0.15) is 60.2 Å². The van der Waals surface area contributed by atoms with Gasteiger partial charge in [-0.2, -0.15) is 0 Å². The van der Waals surface area contributed by atoms with E-state index in [2.05, 4.69) is 26.1 Å². The van der Waals surface area contributed by atoms with Crippen LogP contribution in [0.3, 0.4) is 0 Å². The molecule has 0 spiro atoms. The standard InChI is InChI=1S/C21H27N5O3S/c1-2-12-22-30(28,29)17-9-6-8-16(15-17)21(27)25-14-7-10-18(25)20-24-23-19-11-4-3-5-13-26(19)20/h2,6,8-9,15,18,22H,1,3-5,7,10-14H2. The Balaban J connectivity index is 1.60. The van der Waals surface area contributed by atoms with E-state index in [1.165, 1.54) is 24.6 Å². The summed E-state index contributed by atoms with van der Waals surface area (Å²) in [6.45, 7) is 5.17. The van der Waals surface area contributed by atoms with Crippen molar-refractivity contribution >= 4 is 15.9 Å². The molecular formula is C21H27N5O3S. The van der Waals surface area contributed by atoms with E-state index < -0.39 is 10.0 Å². The van der Waals surface area contributed by atoms with E-state index >= 15 is 0 Å². The maximum atomic E-state index is 13.3. The summed E-state index contributed by atoms with van der Waals surface area (Å²) >= 11 is 0. The summed E-state index contributed by atoms with van der Waals surface area (Å²) in [5.41, 5.74) is 0.360. The SMILES string of the molecule is C=CCNS(=O)(=O)c1cccc(C(=O)N2CCCC2c2nnc3n2CCCCC3)c1. The molecule has 0 aliphatic carbocycles. The van der Waals surface area contributed by atoms with Crippen molar-refractivity contribution in [2.24, 2.45) is 0 Å². The van der Waals surface area contributed by atoms with Crippen molar-refractivity contribution in [1.29, 1.82) is 0 Å². The second-order valence-electron chi connectivity index (χ2n) is 7.76. The monoisotopic (exact) mass is 429 g/mol. The molecule has 1 atom stereocenters. The molecule has 3 heterocycles. The van der Waals surface area contributed by atoms with Gasteiger partial charge in [0.15, 0.2) is 5.82 Å². The smallest absolute Gasteiger partial charge is 0.254 e. The zero-order valence-corrected chi connectivity index (χ0v) is 17.8. The average Bonchev–Trinajstić information content (AvgIpc) is 3.32. The van der Waals surface area contributed by atoms with Crippen molar-refractivity contribution in [2.45, 2.75) is 56.0 Å². The lowest BCUT2D eigenvalue weighted by Gasteiger charge is -2.25. The third-order valence-electron chi connectivity index (χ3n) is 5.76. The van der Waals surface area contributed by atoms with Gasteiger partial charge in [-0.1, -0.05) is 18.6 Å². The Labute approximate surface area is 177 Å². The molecule has 30 heavy (non-hydrogen) atoms. The van der Waals surface area contributed by atoms with Gasteiger partial charge in [0, 0.05) is 31.6 Å². The Hall–Kier alpha value is -2.52. The van der Waals surface area contributed by atoms with Crippen LogP contribution in [0.15, 0.2) is 41.8 Å². The van der Waals surface area contributed by atoms with Crippen molar-refractivity contribution in [3.63, 3.8) is 0 Å². The van der Waals surface area contributed by atoms with E-state index in [-0.39, 0.29) is 23.4 Å². The van der Waals surface area contributed by atoms with Crippen LogP contribution < -0.4 is 4.72 Å². The number of rotatable bonds is 6. The predicted octanol–water partition coefficient (Wildman–Crippen LogP) is 2.45. The number of likely N-dealkylation sites (tertiary alicyclic amines) is 1. The van der Waals surface area contributed by atoms with Crippen LogP contribution in [0.25, 0.3) is 0 Å². The van der Waals surface area contributed by atoms with Gasteiger partial charge in [0.1, 0.15) is 5.82 Å². The molecular weight excluding hydrogens is 402 g/mol. The van der Waals surface area contributed by atoms with E-state index in [9.17, 15) is 13.2 Å². The zero-order valence-electron chi connectivity index (χ0n) is 17.0. The van der Waals surface area contributed by atoms with E-state index in [4.69, 9.17) is 0 Å². The lowest BCUT2D eigenvalue weighted by Crippen LogP contribution is -2.32. The summed E-state index contributed by atoms with van der Waals surface area (Å²) in [6.07, 6.45) is 7.51. The third-order valence-corrected chi connectivity index (χ3v) is 7.18. The molecule has 1 saturated heterocycles. The third kappa shape index (κ3) is 4.04. The Morgan fingerprint density at radius 2 is 2.07 bits per heavy atom. The van der Waals surface area contributed by atoms with Crippen LogP contribution in [0.2, 0.25) is 0 Å². The minimum Gasteiger partial charge on any atom is -0.328 e. The highest BCUT2D eigenvalue weighted by atomic mass is 32.2. The molecule has 2 aliphatic heterocycles. The predicted molar refractivity (Wildman–Crippen MR) is 112 cm³/mol. The fourth-order valence-corrected chi connectivity index (χ4v) is 5.29. The second kappa shape index (κ2) is 8.69. The summed E-state index contributed by atoms with van der Waals surface area (Å²) in [5.74, 6) is 1.68. The number of benzene rings is 1. The summed E-state index contributed by atoms with van der Waals surface area (Å²) < 4.78 is 29.5. The number of nitrogens with one attached hydrogen (secondary N) is 1. The summed E-state index contributed by atoms with van der Waals surface area (Å²) in [7, 11) is -3.69. The molecule has 160 valence electrons. The molecule has 1 amide bonds. The number of aromatic nitrogens is 3. The van der Waals surface area contributed by atoms with Gasteiger partial charge >= 0.3 is 0 Å². The summed E-state index contributed by atoms with van der Waals surface area (Å²) in [5, 5.41) is 8.82. The number of hydrogen-bond acceptors (Lipinski definition) is 5. The Morgan fingerprint density at radius 1 is 1.20 bits per heavy atom. The number of sulfonamides is 1. The lowest BCUT2D eigenvalue weighted by atomic mass is 10.1. The van der Waals surface area contributed by atoms with Gasteiger partial charge in [-0.15, -0.1) is 16.8 Å². The number of carbonyl (C=O) groups excluding carboxylic acids is 1. The van der Waals surface area contributed by atoms with Crippen LogP contribution in [0, 0.1) is 0 Å². The van der Waals surface area contributed by atoms with Crippen LogP contribution in [0.5, 0.6) is 0 Å². The molecule has 1 N–H and O–H groups in total. The van der Waals surface area contributed by atoms with Crippen molar-refractivity contribution in [3.8, 4) is 0 Å². The number of fused-ring (bicyclic) bond motifs is 1. The van der Waals surface area contributed by atoms with Gasteiger partial charge in [-0.25, -0.2) is 13.1 Å². The number of hydrogen-bond donors (Lipinski definition) is 1. The van der Waals surface area contributed by atoms with Crippen LogP contribution in [-0.4, -0.2) is 47.1 Å². The lowest BCUT2D eigenvalue weighted by molar-refractivity contribution is 0.0726. The number of carbonyl (C=O) groups is 1. The zero-order chi connectivity index (χ0) is 21.1. The highest BCUT2D eigenvalue weighted by Gasteiger charge is 2.35. The minimum atomic E-state index is -3.69. The molecule has 9 heteroatoms. The molecule has 1 aromatic carbocycles. The first-order valence-electron chi connectivity index (χ1n) is 10.4. The van der Waals surface area contributed by atoms with Crippen LogP contribution in [-0.2, 0) is 23.0 Å². The van der Waals surface area contributed by atoms with Gasteiger partial charge in [0.2, 0.25) is 10.0 Å². The molecule has 2 aliphatic rings. The van der Waals surface area contributed by atoms with Crippen LogP contribution >= 0.6 is 0 Å². The topological polar surface area (TPSA) is 97.2 Å². The van der Waals surface area contributed by atoms with Crippen molar-refractivity contribution < 1.29 is 13.2 Å². The first-order valence-corrected chi connectivity index (χ1v) is 11.9. The van der Waals surface area contributed by atoms with Crippen LogP contribution in [0.4, 0.5) is 0 Å². The Kier molecular flexibility index (Phi) is 6.01. The fourth-order valence-electron chi connectivity index (χ4n) is 4.25. The second-order valence-corrected chi connectivity index (χ2v) is 9.53. The van der Waals surface area contributed by atoms with Crippen molar-refractivity contribution in [2.75, 3.05) is 13.1 Å².